The molecular weight excluding hydrogens is 253 g/mol. The number of hydrogen-bond acceptors (Lipinski definition) is 2. The highest BCUT2D eigenvalue weighted by molar-refractivity contribution is 6.30. The fourth-order valence-electron chi connectivity index (χ4n) is 2.37. The van der Waals surface area contributed by atoms with Crippen molar-refractivity contribution >= 4 is 11.6 Å². The average molecular weight is 272 g/mol. The Hall–Kier alpha value is -0.640. The molecule has 1 saturated heterocycles. The zero-order valence-corrected chi connectivity index (χ0v) is 11.2. The summed E-state index contributed by atoms with van der Waals surface area (Å²) in [5, 5.41) is 10.00. The van der Waals surface area contributed by atoms with Gasteiger partial charge in [-0.05, 0) is 56.0 Å². The molecule has 0 spiro atoms. The molecule has 0 aromatic heterocycles. The number of halogens is 2. The maximum atomic E-state index is 13.5. The van der Waals surface area contributed by atoms with E-state index in [0.29, 0.717) is 17.0 Å². The highest BCUT2D eigenvalue weighted by atomic mass is 35.5. The van der Waals surface area contributed by atoms with Crippen molar-refractivity contribution in [2.45, 2.75) is 31.8 Å². The minimum absolute atomic E-state index is 0.133. The van der Waals surface area contributed by atoms with Crippen LogP contribution in [0.2, 0.25) is 5.02 Å². The molecule has 1 heterocycles. The smallest absolute Gasteiger partial charge is 0.126 e. The summed E-state index contributed by atoms with van der Waals surface area (Å²) in [6.45, 7) is 2.84. The number of aliphatic hydroxyl groups excluding tert-OH is 1. The van der Waals surface area contributed by atoms with Crippen LogP contribution < -0.4 is 0 Å². The minimum atomic E-state index is -0.173. The summed E-state index contributed by atoms with van der Waals surface area (Å²) < 4.78 is 13.5. The van der Waals surface area contributed by atoms with E-state index in [1.54, 1.807) is 12.1 Å². The van der Waals surface area contributed by atoms with E-state index in [0.717, 1.165) is 38.9 Å². The second-order valence-corrected chi connectivity index (χ2v) is 5.35. The van der Waals surface area contributed by atoms with Crippen LogP contribution in [0, 0.1) is 5.82 Å². The number of rotatable bonds is 4. The first-order chi connectivity index (χ1) is 8.65. The van der Waals surface area contributed by atoms with E-state index in [1.807, 2.05) is 0 Å². The van der Waals surface area contributed by atoms with Crippen LogP contribution in [0.15, 0.2) is 18.2 Å². The molecule has 1 N–H and O–H groups in total. The number of hydrogen-bond donors (Lipinski definition) is 1. The van der Waals surface area contributed by atoms with Crippen molar-refractivity contribution in [3.05, 3.63) is 34.6 Å². The van der Waals surface area contributed by atoms with Gasteiger partial charge < -0.3 is 10.0 Å². The number of aliphatic hydroxyl groups is 1. The van der Waals surface area contributed by atoms with E-state index < -0.39 is 0 Å². The van der Waals surface area contributed by atoms with Gasteiger partial charge in [0.05, 0.1) is 6.10 Å². The molecule has 2 nitrogen and oxygen atoms in total. The van der Waals surface area contributed by atoms with Crippen LogP contribution in [0.4, 0.5) is 4.39 Å². The van der Waals surface area contributed by atoms with Crippen molar-refractivity contribution < 1.29 is 9.50 Å². The van der Waals surface area contributed by atoms with Crippen molar-refractivity contribution in [2.75, 3.05) is 19.6 Å². The zero-order valence-electron chi connectivity index (χ0n) is 10.4. The molecule has 1 aromatic carbocycles. The third-order valence-corrected chi connectivity index (χ3v) is 3.72. The summed E-state index contributed by atoms with van der Waals surface area (Å²) in [5.41, 5.74) is 0.694. The van der Waals surface area contributed by atoms with Gasteiger partial charge in [-0.2, -0.15) is 0 Å². The first-order valence-electron chi connectivity index (χ1n) is 6.49. The van der Waals surface area contributed by atoms with E-state index in [9.17, 15) is 9.50 Å². The molecule has 0 bridgehead atoms. The molecule has 0 radical (unpaired) electrons. The van der Waals surface area contributed by atoms with Crippen molar-refractivity contribution in [3.63, 3.8) is 0 Å². The summed E-state index contributed by atoms with van der Waals surface area (Å²) in [4.78, 5) is 2.33. The summed E-state index contributed by atoms with van der Waals surface area (Å²) in [6, 6.07) is 4.71. The lowest BCUT2D eigenvalue weighted by Crippen LogP contribution is -2.36. The second kappa shape index (κ2) is 6.50. The van der Waals surface area contributed by atoms with Crippen molar-refractivity contribution in [3.8, 4) is 0 Å². The summed E-state index contributed by atoms with van der Waals surface area (Å²) >= 11 is 5.86. The van der Waals surface area contributed by atoms with E-state index in [2.05, 4.69) is 4.90 Å². The molecule has 1 aromatic rings. The van der Waals surface area contributed by atoms with Crippen molar-refractivity contribution in [2.24, 2.45) is 0 Å². The van der Waals surface area contributed by atoms with Crippen LogP contribution in [-0.4, -0.2) is 35.7 Å². The fourth-order valence-corrected chi connectivity index (χ4v) is 2.57. The quantitative estimate of drug-likeness (QED) is 0.910. The number of benzene rings is 1. The molecule has 100 valence electrons. The average Bonchev–Trinajstić information content (AvgIpc) is 2.36. The Morgan fingerprint density at radius 3 is 2.78 bits per heavy atom. The molecule has 18 heavy (non-hydrogen) atoms. The number of aryl methyl sites for hydroxylation is 1. The van der Waals surface area contributed by atoms with Gasteiger partial charge in [0.25, 0.3) is 0 Å². The van der Waals surface area contributed by atoms with Crippen LogP contribution >= 0.6 is 11.6 Å². The van der Waals surface area contributed by atoms with Crippen LogP contribution in [0.3, 0.4) is 0 Å². The Labute approximate surface area is 112 Å². The topological polar surface area (TPSA) is 23.5 Å². The van der Waals surface area contributed by atoms with Gasteiger partial charge in [-0.3, -0.25) is 0 Å². The summed E-state index contributed by atoms with van der Waals surface area (Å²) in [5.74, 6) is -0.173. The van der Waals surface area contributed by atoms with Gasteiger partial charge in [0, 0.05) is 18.1 Å². The second-order valence-electron chi connectivity index (χ2n) is 4.91. The lowest BCUT2D eigenvalue weighted by Gasteiger charge is -2.29. The Morgan fingerprint density at radius 1 is 1.33 bits per heavy atom. The van der Waals surface area contributed by atoms with Crippen LogP contribution in [-0.2, 0) is 6.42 Å². The van der Waals surface area contributed by atoms with Gasteiger partial charge in [0.1, 0.15) is 5.82 Å². The van der Waals surface area contributed by atoms with Gasteiger partial charge >= 0.3 is 0 Å². The highest BCUT2D eigenvalue weighted by Gasteiger charge is 2.16. The third kappa shape index (κ3) is 3.94. The summed E-state index contributed by atoms with van der Waals surface area (Å²) in [6.07, 6.45) is 3.21. The maximum absolute atomic E-state index is 13.5. The van der Waals surface area contributed by atoms with E-state index in [-0.39, 0.29) is 11.9 Å². The molecule has 0 unspecified atom stereocenters. The van der Waals surface area contributed by atoms with E-state index in [1.165, 1.54) is 6.07 Å². The Morgan fingerprint density at radius 2 is 2.06 bits per heavy atom. The normalized spacial score (nSPS) is 18.2. The first kappa shape index (κ1) is 13.8. The predicted molar refractivity (Wildman–Crippen MR) is 71.4 cm³/mol. The predicted octanol–water partition coefficient (Wildman–Crippen LogP) is 2.87. The van der Waals surface area contributed by atoms with Crippen molar-refractivity contribution in [1.82, 2.24) is 4.90 Å². The van der Waals surface area contributed by atoms with Gasteiger partial charge in [-0.1, -0.05) is 11.6 Å². The zero-order chi connectivity index (χ0) is 13.0. The molecule has 2 rings (SSSR count). The van der Waals surface area contributed by atoms with Crippen molar-refractivity contribution in [1.29, 1.82) is 0 Å². The molecule has 0 aliphatic carbocycles. The molecule has 1 aliphatic rings. The van der Waals surface area contributed by atoms with Gasteiger partial charge in [-0.25, -0.2) is 4.39 Å². The van der Waals surface area contributed by atoms with Gasteiger partial charge in [0.2, 0.25) is 0 Å². The molecule has 0 atom stereocenters. The van der Waals surface area contributed by atoms with E-state index >= 15 is 0 Å². The standard InChI is InChI=1S/C14H19ClFNO/c15-12-3-4-14(16)11(10-12)2-1-7-17-8-5-13(18)6-9-17/h3-4,10,13,18H,1-2,5-9H2. The minimum Gasteiger partial charge on any atom is -0.393 e. The lowest BCUT2D eigenvalue weighted by molar-refractivity contribution is 0.0821. The SMILES string of the molecule is OC1CCN(CCCc2cc(Cl)ccc2F)CC1. The van der Waals surface area contributed by atoms with Gasteiger partial charge in [0.15, 0.2) is 0 Å². The first-order valence-corrected chi connectivity index (χ1v) is 6.87. The van der Waals surface area contributed by atoms with E-state index in [4.69, 9.17) is 11.6 Å². The van der Waals surface area contributed by atoms with Gasteiger partial charge in [-0.15, -0.1) is 0 Å². The molecule has 1 aliphatic heterocycles. The Bertz CT molecular complexity index is 391. The lowest BCUT2D eigenvalue weighted by atomic mass is 10.1. The monoisotopic (exact) mass is 271 g/mol. The third-order valence-electron chi connectivity index (χ3n) is 3.49. The van der Waals surface area contributed by atoms with Crippen LogP contribution in [0.1, 0.15) is 24.8 Å². The summed E-state index contributed by atoms with van der Waals surface area (Å²) in [7, 11) is 0. The Kier molecular flexibility index (Phi) is 4.98. The number of piperidine rings is 1. The molecule has 1 fully saturated rings. The molecule has 0 saturated carbocycles. The Balaban J connectivity index is 1.76. The number of likely N-dealkylation sites (tertiary alicyclic amines) is 1. The highest BCUT2D eigenvalue weighted by Crippen LogP contribution is 2.17. The molecule has 4 heteroatoms. The van der Waals surface area contributed by atoms with Crippen LogP contribution in [0.5, 0.6) is 0 Å². The largest absolute Gasteiger partial charge is 0.393 e. The van der Waals surface area contributed by atoms with Crippen LogP contribution in [0.25, 0.3) is 0 Å². The number of nitrogens with zero attached hydrogens (tertiary/aromatic N) is 1. The fraction of sp³-hybridized carbons (Fsp3) is 0.571. The molecular formula is C14H19ClFNO. The molecule has 0 amide bonds. The maximum Gasteiger partial charge on any atom is 0.126 e.